The lowest BCUT2D eigenvalue weighted by Gasteiger charge is -2.18. The topological polar surface area (TPSA) is 235 Å². The summed E-state index contributed by atoms with van der Waals surface area (Å²) in [7, 11) is 0. The van der Waals surface area contributed by atoms with Gasteiger partial charge in [-0.05, 0) is 6.42 Å². The maximum atomic E-state index is 12.1. The van der Waals surface area contributed by atoms with Crippen LogP contribution in [0, 0.1) is 0 Å². The molecule has 0 aliphatic carbocycles. The molecular weight excluding hydrogens is 442 g/mol. The molecule has 31 heavy (non-hydrogen) atoms. The number of thiol groups is 1. The molecule has 2 amide bonds. The Morgan fingerprint density at radius 2 is 1.94 bits per heavy atom. The summed E-state index contributed by atoms with van der Waals surface area (Å²) in [6.07, 6.45) is -3.69. The van der Waals surface area contributed by atoms with E-state index in [-0.39, 0.29) is 18.6 Å². The molecule has 1 heterocycles. The van der Waals surface area contributed by atoms with Gasteiger partial charge in [0.15, 0.2) is 6.10 Å². The predicted molar refractivity (Wildman–Crippen MR) is 102 cm³/mol. The molecule has 0 saturated carbocycles. The van der Waals surface area contributed by atoms with Gasteiger partial charge >= 0.3 is 17.9 Å². The van der Waals surface area contributed by atoms with E-state index < -0.39 is 78.7 Å². The molecule has 174 valence electrons. The van der Waals surface area contributed by atoms with Gasteiger partial charge in [0, 0.05) is 12.2 Å². The fourth-order valence-electron chi connectivity index (χ4n) is 2.23. The van der Waals surface area contributed by atoms with Crippen molar-refractivity contribution >= 4 is 42.4 Å². The molecule has 1 aliphatic heterocycles. The predicted octanol–water partition coefficient (Wildman–Crippen LogP) is -3.70. The number of carboxylic acid groups (broad SMARTS) is 1. The summed E-state index contributed by atoms with van der Waals surface area (Å²) in [6, 6.07) is -2.41. The largest absolute Gasteiger partial charge is 0.499 e. The van der Waals surface area contributed by atoms with Crippen LogP contribution in [0.2, 0.25) is 0 Å². The van der Waals surface area contributed by atoms with Gasteiger partial charge in [0.05, 0.1) is 6.61 Å². The van der Waals surface area contributed by atoms with Gasteiger partial charge in [-0.1, -0.05) is 0 Å². The van der Waals surface area contributed by atoms with Crippen molar-refractivity contribution in [1.82, 2.24) is 10.6 Å². The number of amides is 2. The van der Waals surface area contributed by atoms with Crippen molar-refractivity contribution in [3.05, 3.63) is 11.5 Å². The van der Waals surface area contributed by atoms with Crippen molar-refractivity contribution in [2.24, 2.45) is 5.73 Å². The van der Waals surface area contributed by atoms with E-state index in [9.17, 15) is 34.2 Å². The van der Waals surface area contributed by atoms with Crippen LogP contribution in [0.1, 0.15) is 12.8 Å². The minimum Gasteiger partial charge on any atom is -0.499 e. The number of hydrogen-bond donors (Lipinski definition) is 8. The molecule has 15 heteroatoms. The number of ether oxygens (including phenoxy) is 2. The summed E-state index contributed by atoms with van der Waals surface area (Å²) >= 11 is 3.92. The highest BCUT2D eigenvalue weighted by atomic mass is 32.1. The quantitative estimate of drug-likeness (QED) is 0.103. The number of cyclic esters (lactones) is 1. The van der Waals surface area contributed by atoms with Crippen LogP contribution in [0.25, 0.3) is 0 Å². The molecule has 0 saturated heterocycles. The number of aliphatic hydroxyl groups excluding tert-OH is 3. The smallest absolute Gasteiger partial charge is 0.378 e. The minimum atomic E-state index is -1.66. The molecule has 14 nitrogen and oxygen atoms in total. The standard InChI is InChI=1S/C16H23N3O11S/c17-6(15(26)27)1-2-9(22)19-7(5-31)14(25)18-3-10(23)29-13-11(24)16(28)30-12(13)8(21)4-20/h6-8,12,20-21,24,31H,1-5,17H2,(H,18,25)(H,19,22)(H,26,27)/t6?,7?,8-,12+/m0/s1. The Labute approximate surface area is 180 Å². The number of nitrogens with one attached hydrogen (secondary N) is 2. The maximum Gasteiger partial charge on any atom is 0.378 e. The van der Waals surface area contributed by atoms with Crippen LogP contribution in [-0.4, -0.2) is 93.3 Å². The number of aliphatic carboxylic acids is 1. The highest BCUT2D eigenvalue weighted by Crippen LogP contribution is 2.24. The molecule has 0 bridgehead atoms. The minimum absolute atomic E-state index is 0.156. The Morgan fingerprint density at radius 1 is 1.29 bits per heavy atom. The van der Waals surface area contributed by atoms with Crippen molar-refractivity contribution in [2.75, 3.05) is 18.9 Å². The first-order chi connectivity index (χ1) is 14.5. The van der Waals surface area contributed by atoms with Crippen molar-refractivity contribution in [3.63, 3.8) is 0 Å². The number of hydrogen-bond acceptors (Lipinski definition) is 12. The summed E-state index contributed by atoms with van der Waals surface area (Å²) in [5.41, 5.74) is 5.29. The van der Waals surface area contributed by atoms with Crippen LogP contribution >= 0.6 is 12.6 Å². The SMILES string of the molecule is NC(CCC(=O)NC(CS)C(=O)NCC(=O)OC1=C(O)C(=O)O[C@@H]1[C@@H](O)CO)C(=O)O. The lowest BCUT2D eigenvalue weighted by Crippen LogP contribution is -2.49. The van der Waals surface area contributed by atoms with Gasteiger partial charge in [0.2, 0.25) is 23.3 Å². The third-order valence-corrected chi connectivity index (χ3v) is 4.29. The number of esters is 2. The molecule has 1 aliphatic rings. The van der Waals surface area contributed by atoms with E-state index in [0.29, 0.717) is 0 Å². The second kappa shape index (κ2) is 12.1. The molecule has 0 aromatic carbocycles. The zero-order valence-corrected chi connectivity index (χ0v) is 16.9. The van der Waals surface area contributed by atoms with Crippen LogP contribution in [0.15, 0.2) is 11.5 Å². The highest BCUT2D eigenvalue weighted by molar-refractivity contribution is 7.80. The molecule has 0 spiro atoms. The second-order valence-electron chi connectivity index (χ2n) is 6.27. The molecule has 0 aromatic rings. The number of nitrogens with two attached hydrogens (primary N) is 1. The van der Waals surface area contributed by atoms with Gasteiger partial charge in [-0.25, -0.2) is 9.59 Å². The van der Waals surface area contributed by atoms with Gasteiger partial charge in [-0.3, -0.25) is 14.4 Å². The van der Waals surface area contributed by atoms with Crippen molar-refractivity contribution in [3.8, 4) is 0 Å². The van der Waals surface area contributed by atoms with E-state index in [1.54, 1.807) is 0 Å². The van der Waals surface area contributed by atoms with E-state index >= 15 is 0 Å². The Bertz CT molecular complexity index is 757. The number of rotatable bonds is 12. The van der Waals surface area contributed by atoms with E-state index in [1.165, 1.54) is 0 Å². The van der Waals surface area contributed by atoms with Crippen LogP contribution in [0.3, 0.4) is 0 Å². The molecule has 0 aromatic heterocycles. The fourth-order valence-corrected chi connectivity index (χ4v) is 2.48. The first-order valence-electron chi connectivity index (χ1n) is 8.81. The van der Waals surface area contributed by atoms with Crippen molar-refractivity contribution < 1.29 is 53.9 Å². The summed E-state index contributed by atoms with van der Waals surface area (Å²) in [4.78, 5) is 57.8. The molecule has 8 N–H and O–H groups in total. The number of carbonyl (C=O) groups excluding carboxylic acids is 4. The first kappa shape index (κ1) is 26.2. The van der Waals surface area contributed by atoms with Gasteiger partial charge in [-0.2, -0.15) is 12.6 Å². The summed E-state index contributed by atoms with van der Waals surface area (Å²) in [5.74, 6) is -7.14. The monoisotopic (exact) mass is 465 g/mol. The zero-order chi connectivity index (χ0) is 23.7. The third kappa shape index (κ3) is 7.71. The maximum absolute atomic E-state index is 12.1. The Kier molecular flexibility index (Phi) is 10.2. The number of carboxylic acids is 1. The van der Waals surface area contributed by atoms with Crippen LogP contribution in [0.5, 0.6) is 0 Å². The lowest BCUT2D eigenvalue weighted by atomic mass is 10.1. The van der Waals surface area contributed by atoms with Gasteiger partial charge < -0.3 is 46.3 Å². The summed E-state index contributed by atoms with van der Waals surface area (Å²) in [5, 5.41) is 41.2. The average molecular weight is 465 g/mol. The first-order valence-corrected chi connectivity index (χ1v) is 9.45. The summed E-state index contributed by atoms with van der Waals surface area (Å²) < 4.78 is 9.32. The Hall–Kier alpha value is -2.88. The molecular formula is C16H23N3O11S. The third-order valence-electron chi connectivity index (χ3n) is 3.92. The van der Waals surface area contributed by atoms with E-state index in [0.717, 1.165) is 0 Å². The second-order valence-corrected chi connectivity index (χ2v) is 6.63. The van der Waals surface area contributed by atoms with Crippen molar-refractivity contribution in [1.29, 1.82) is 0 Å². The normalized spacial score (nSPS) is 18.6. The number of carbonyl (C=O) groups is 5. The van der Waals surface area contributed by atoms with Crippen molar-refractivity contribution in [2.45, 2.75) is 37.1 Å². The van der Waals surface area contributed by atoms with Crippen LogP contribution in [-0.2, 0) is 33.4 Å². The lowest BCUT2D eigenvalue weighted by molar-refractivity contribution is -0.151. The van der Waals surface area contributed by atoms with E-state index in [2.05, 4.69) is 28.0 Å². The Balaban J connectivity index is 2.57. The van der Waals surface area contributed by atoms with Crippen LogP contribution < -0.4 is 16.4 Å². The van der Waals surface area contributed by atoms with Crippen LogP contribution in [0.4, 0.5) is 0 Å². The molecule has 4 atom stereocenters. The van der Waals surface area contributed by atoms with E-state index in [1.807, 2.05) is 0 Å². The number of aliphatic hydroxyl groups is 3. The highest BCUT2D eigenvalue weighted by Gasteiger charge is 2.41. The van der Waals surface area contributed by atoms with Gasteiger partial charge in [0.25, 0.3) is 0 Å². The fraction of sp³-hybridized carbons (Fsp3) is 0.562. The molecule has 2 unspecified atom stereocenters. The molecule has 0 radical (unpaired) electrons. The van der Waals surface area contributed by atoms with Gasteiger partial charge in [0.1, 0.15) is 24.7 Å². The summed E-state index contributed by atoms with van der Waals surface area (Å²) in [6.45, 7) is -1.61. The average Bonchev–Trinajstić information content (AvgIpc) is 3.01. The Morgan fingerprint density at radius 3 is 2.48 bits per heavy atom. The molecule has 0 fully saturated rings. The molecule has 1 rings (SSSR count). The van der Waals surface area contributed by atoms with E-state index in [4.69, 9.17) is 20.7 Å². The van der Waals surface area contributed by atoms with Gasteiger partial charge in [-0.15, -0.1) is 0 Å². The zero-order valence-electron chi connectivity index (χ0n) is 16.0.